The lowest BCUT2D eigenvalue weighted by Gasteiger charge is -2.36. The van der Waals surface area contributed by atoms with E-state index < -0.39 is 0 Å². The largest absolute Gasteiger partial charge is 0.368 e. The molecule has 1 aliphatic heterocycles. The van der Waals surface area contributed by atoms with E-state index in [4.69, 9.17) is 5.26 Å². The molecule has 1 aliphatic rings. The molecule has 5 nitrogen and oxygen atoms in total. The number of nitrogens with zero attached hydrogens (tertiary/aromatic N) is 5. The molecule has 0 amide bonds. The Bertz CT molecular complexity index is 674. The van der Waals surface area contributed by atoms with Crippen LogP contribution in [0.2, 0.25) is 0 Å². The second-order valence-corrected chi connectivity index (χ2v) is 5.71. The van der Waals surface area contributed by atoms with Gasteiger partial charge in [0.25, 0.3) is 0 Å². The van der Waals surface area contributed by atoms with Gasteiger partial charge in [0.15, 0.2) is 11.5 Å². The van der Waals surface area contributed by atoms with E-state index >= 15 is 0 Å². The molecule has 3 rings (SSSR count). The van der Waals surface area contributed by atoms with Gasteiger partial charge < -0.3 is 9.80 Å². The molecule has 0 bridgehead atoms. The van der Waals surface area contributed by atoms with Crippen molar-refractivity contribution in [3.8, 4) is 6.07 Å². The van der Waals surface area contributed by atoms with Crippen molar-refractivity contribution in [1.29, 1.82) is 5.26 Å². The highest BCUT2D eigenvalue weighted by atomic mass is 79.9. The van der Waals surface area contributed by atoms with Crippen LogP contribution in [0.5, 0.6) is 0 Å². The molecule has 1 saturated heterocycles. The van der Waals surface area contributed by atoms with Crippen molar-refractivity contribution in [2.75, 3.05) is 36.0 Å². The molecule has 0 radical (unpaired) electrons. The minimum Gasteiger partial charge on any atom is -0.368 e. The zero-order valence-corrected chi connectivity index (χ0v) is 13.0. The summed E-state index contributed by atoms with van der Waals surface area (Å²) in [4.78, 5) is 12.8. The van der Waals surface area contributed by atoms with E-state index in [2.05, 4.69) is 53.9 Å². The first-order chi connectivity index (χ1) is 10.3. The average Bonchev–Trinajstić information content (AvgIpc) is 2.55. The van der Waals surface area contributed by atoms with E-state index in [1.165, 1.54) is 5.69 Å². The highest BCUT2D eigenvalue weighted by Crippen LogP contribution is 2.23. The molecule has 1 aromatic heterocycles. The Morgan fingerprint density at radius 1 is 1.05 bits per heavy atom. The Hall–Kier alpha value is -2.13. The Balaban J connectivity index is 1.72. The summed E-state index contributed by atoms with van der Waals surface area (Å²) in [7, 11) is 0. The summed E-state index contributed by atoms with van der Waals surface area (Å²) in [5, 5.41) is 9.11. The Morgan fingerprint density at radius 2 is 1.76 bits per heavy atom. The van der Waals surface area contributed by atoms with Crippen molar-refractivity contribution >= 4 is 27.4 Å². The maximum absolute atomic E-state index is 9.11. The lowest BCUT2D eigenvalue weighted by atomic mass is 10.2. The highest BCUT2D eigenvalue weighted by Gasteiger charge is 2.20. The van der Waals surface area contributed by atoms with Gasteiger partial charge in [0.1, 0.15) is 6.07 Å². The predicted molar refractivity (Wildman–Crippen MR) is 85.3 cm³/mol. The maximum atomic E-state index is 9.11. The number of hydrogen-bond acceptors (Lipinski definition) is 5. The molecular formula is C15H14BrN5. The van der Waals surface area contributed by atoms with Crippen LogP contribution in [0.4, 0.5) is 11.5 Å². The zero-order chi connectivity index (χ0) is 14.7. The van der Waals surface area contributed by atoms with Gasteiger partial charge in [-0.3, -0.25) is 0 Å². The van der Waals surface area contributed by atoms with Gasteiger partial charge in [-0.2, -0.15) is 5.26 Å². The molecule has 106 valence electrons. The molecule has 0 saturated carbocycles. The van der Waals surface area contributed by atoms with Gasteiger partial charge in [-0.15, -0.1) is 0 Å². The van der Waals surface area contributed by atoms with Crippen LogP contribution < -0.4 is 9.80 Å². The van der Waals surface area contributed by atoms with Crippen LogP contribution in [-0.4, -0.2) is 36.1 Å². The summed E-state index contributed by atoms with van der Waals surface area (Å²) in [6.07, 6.45) is 3.19. The van der Waals surface area contributed by atoms with E-state index in [1.54, 1.807) is 12.4 Å². The molecule has 0 N–H and O–H groups in total. The number of piperazine rings is 1. The third-order valence-corrected chi connectivity index (χ3v) is 4.03. The van der Waals surface area contributed by atoms with Gasteiger partial charge in [0, 0.05) is 48.7 Å². The number of benzene rings is 1. The van der Waals surface area contributed by atoms with Gasteiger partial charge in [0.2, 0.25) is 0 Å². The molecule has 0 aliphatic carbocycles. The second-order valence-electron chi connectivity index (χ2n) is 4.79. The van der Waals surface area contributed by atoms with E-state index in [-0.39, 0.29) is 0 Å². The minimum absolute atomic E-state index is 0.397. The van der Waals surface area contributed by atoms with Crippen molar-refractivity contribution in [2.45, 2.75) is 0 Å². The molecule has 1 aromatic carbocycles. The van der Waals surface area contributed by atoms with Crippen LogP contribution in [-0.2, 0) is 0 Å². The van der Waals surface area contributed by atoms with Gasteiger partial charge in [0.05, 0.1) is 0 Å². The first-order valence-electron chi connectivity index (χ1n) is 6.74. The van der Waals surface area contributed by atoms with Crippen LogP contribution in [0.3, 0.4) is 0 Å². The lowest BCUT2D eigenvalue weighted by Crippen LogP contribution is -2.47. The summed E-state index contributed by atoms with van der Waals surface area (Å²) < 4.78 is 1.09. The number of aromatic nitrogens is 2. The fourth-order valence-electron chi connectivity index (χ4n) is 2.49. The molecule has 2 heterocycles. The fourth-order valence-corrected chi connectivity index (χ4v) is 2.88. The van der Waals surface area contributed by atoms with Crippen molar-refractivity contribution < 1.29 is 0 Å². The molecule has 6 heteroatoms. The standard InChI is InChI=1S/C15H14BrN5/c16-12-2-1-3-13(10-12)20-6-8-21(9-7-20)15-14(11-17)18-4-5-19-15/h1-5,10H,6-9H2. The minimum atomic E-state index is 0.397. The monoisotopic (exact) mass is 343 g/mol. The van der Waals surface area contributed by atoms with Crippen molar-refractivity contribution in [1.82, 2.24) is 9.97 Å². The molecule has 21 heavy (non-hydrogen) atoms. The van der Waals surface area contributed by atoms with Crippen molar-refractivity contribution in [3.63, 3.8) is 0 Å². The van der Waals surface area contributed by atoms with Gasteiger partial charge >= 0.3 is 0 Å². The van der Waals surface area contributed by atoms with E-state index in [9.17, 15) is 0 Å². The molecule has 2 aromatic rings. The summed E-state index contributed by atoms with van der Waals surface area (Å²) in [5.74, 6) is 0.689. The second kappa shape index (κ2) is 6.10. The quantitative estimate of drug-likeness (QED) is 0.838. The summed E-state index contributed by atoms with van der Waals surface area (Å²) in [5.41, 5.74) is 1.61. The number of halogens is 1. The van der Waals surface area contributed by atoms with Crippen molar-refractivity contribution in [2.24, 2.45) is 0 Å². The molecule has 1 fully saturated rings. The van der Waals surface area contributed by atoms with Crippen molar-refractivity contribution in [3.05, 3.63) is 46.8 Å². The van der Waals surface area contributed by atoms with Crippen LogP contribution >= 0.6 is 15.9 Å². The topological polar surface area (TPSA) is 56.1 Å². The zero-order valence-electron chi connectivity index (χ0n) is 11.4. The smallest absolute Gasteiger partial charge is 0.183 e. The third-order valence-electron chi connectivity index (χ3n) is 3.54. The average molecular weight is 344 g/mol. The summed E-state index contributed by atoms with van der Waals surface area (Å²) in [6.45, 7) is 3.47. The SMILES string of the molecule is N#Cc1nccnc1N1CCN(c2cccc(Br)c2)CC1. The molecule has 0 spiro atoms. The van der Waals surface area contributed by atoms with Gasteiger partial charge in [-0.1, -0.05) is 22.0 Å². The lowest BCUT2D eigenvalue weighted by molar-refractivity contribution is 0.645. The van der Waals surface area contributed by atoms with Crippen LogP contribution in [0.25, 0.3) is 0 Å². The number of anilines is 2. The molecule has 0 unspecified atom stereocenters. The van der Waals surface area contributed by atoms with E-state index in [0.29, 0.717) is 11.5 Å². The summed E-state index contributed by atoms with van der Waals surface area (Å²) >= 11 is 3.50. The Labute approximate surface area is 132 Å². The van der Waals surface area contributed by atoms with Crippen LogP contribution in [0, 0.1) is 11.3 Å². The Kier molecular flexibility index (Phi) is 4.02. The van der Waals surface area contributed by atoms with Crippen LogP contribution in [0.1, 0.15) is 5.69 Å². The molecule has 0 atom stereocenters. The Morgan fingerprint density at radius 3 is 2.48 bits per heavy atom. The maximum Gasteiger partial charge on any atom is 0.183 e. The van der Waals surface area contributed by atoms with E-state index in [0.717, 1.165) is 30.7 Å². The third kappa shape index (κ3) is 2.98. The predicted octanol–water partition coefficient (Wildman–Crippen LogP) is 2.44. The fraction of sp³-hybridized carbons (Fsp3) is 0.267. The first kappa shape index (κ1) is 13.8. The molecular weight excluding hydrogens is 330 g/mol. The van der Waals surface area contributed by atoms with E-state index in [1.807, 2.05) is 12.1 Å². The normalized spacial score (nSPS) is 14.9. The number of rotatable bonds is 2. The first-order valence-corrected chi connectivity index (χ1v) is 7.54. The number of hydrogen-bond donors (Lipinski definition) is 0. The number of nitriles is 1. The van der Waals surface area contributed by atoms with Gasteiger partial charge in [-0.25, -0.2) is 9.97 Å². The summed E-state index contributed by atoms with van der Waals surface area (Å²) in [6, 6.07) is 10.4. The van der Waals surface area contributed by atoms with Crippen LogP contribution in [0.15, 0.2) is 41.1 Å². The highest BCUT2D eigenvalue weighted by molar-refractivity contribution is 9.10. The van der Waals surface area contributed by atoms with Gasteiger partial charge in [-0.05, 0) is 18.2 Å².